The van der Waals surface area contributed by atoms with E-state index in [0.29, 0.717) is 18.5 Å². The number of esters is 1. The van der Waals surface area contributed by atoms with Gasteiger partial charge in [0.05, 0.1) is 23.6 Å². The normalized spacial score (nSPS) is 24.6. The topological polar surface area (TPSA) is 89.0 Å². The van der Waals surface area contributed by atoms with Gasteiger partial charge in [0.2, 0.25) is 5.91 Å². The number of β-lactam (4-membered cyclic amide) rings is 1. The second kappa shape index (κ2) is 9.59. The molecule has 8 nitrogen and oxygen atoms in total. The molecule has 0 aliphatic carbocycles. The summed E-state index contributed by atoms with van der Waals surface area (Å²) in [7, 11) is -2.10. The molecule has 36 heavy (non-hydrogen) atoms. The quantitative estimate of drug-likeness (QED) is 0.240. The van der Waals surface area contributed by atoms with E-state index in [9.17, 15) is 14.4 Å². The Labute approximate surface area is 214 Å². The number of hydrogen-bond donors (Lipinski definition) is 0. The second-order valence-electron chi connectivity index (χ2n) is 11.4. The first-order valence-corrected chi connectivity index (χ1v) is 15.5. The highest BCUT2D eigenvalue weighted by molar-refractivity contribution is 6.74. The van der Waals surface area contributed by atoms with Crippen LogP contribution in [0.4, 0.5) is 0 Å². The van der Waals surface area contributed by atoms with Crippen molar-refractivity contribution in [2.45, 2.75) is 64.4 Å². The van der Waals surface area contributed by atoms with Crippen molar-refractivity contribution in [1.82, 2.24) is 14.8 Å². The zero-order chi connectivity index (χ0) is 26.4. The van der Waals surface area contributed by atoms with Crippen LogP contribution in [0.5, 0.6) is 0 Å². The number of amides is 2. The number of carbonyl (C=O) groups excluding carboxylic acids is 3. The molecule has 4 heterocycles. The number of piperidine rings is 1. The van der Waals surface area contributed by atoms with Gasteiger partial charge in [-0.25, -0.2) is 4.79 Å². The first kappa shape index (κ1) is 26.3. The third-order valence-electron chi connectivity index (χ3n) is 8.18. The summed E-state index contributed by atoms with van der Waals surface area (Å²) in [6.07, 6.45) is 5.07. The van der Waals surface area contributed by atoms with Gasteiger partial charge in [-0.15, -0.1) is 0 Å². The number of carbonyl (C=O) groups is 3. The largest absolute Gasteiger partial charge is 0.457 e. The third-order valence-corrected chi connectivity index (χ3v) is 12.8. The second-order valence-corrected chi connectivity index (χ2v) is 16.2. The Kier molecular flexibility index (Phi) is 7.00. The lowest BCUT2D eigenvalue weighted by Gasteiger charge is -2.51. The lowest BCUT2D eigenvalue weighted by molar-refractivity contribution is -0.163. The fourth-order valence-corrected chi connectivity index (χ4v) is 6.78. The van der Waals surface area contributed by atoms with Crippen LogP contribution in [-0.2, 0) is 18.8 Å². The Morgan fingerprint density at radius 2 is 2.06 bits per heavy atom. The molecule has 4 rings (SSSR count). The van der Waals surface area contributed by atoms with Crippen molar-refractivity contribution in [3.8, 4) is 0 Å². The summed E-state index contributed by atoms with van der Waals surface area (Å²) in [5.41, 5.74) is 1.59. The Morgan fingerprint density at radius 1 is 1.33 bits per heavy atom. The molecule has 0 radical (unpaired) electrons. The van der Waals surface area contributed by atoms with E-state index in [2.05, 4.69) is 45.4 Å². The molecule has 3 aliphatic rings. The van der Waals surface area contributed by atoms with Crippen molar-refractivity contribution in [2.24, 2.45) is 11.8 Å². The highest BCUT2D eigenvalue weighted by Gasteiger charge is 2.62. The molecule has 0 spiro atoms. The molecule has 3 aliphatic heterocycles. The molecular formula is C27H37N3O5Si. The van der Waals surface area contributed by atoms with Gasteiger partial charge in [-0.2, -0.15) is 0 Å². The first-order valence-electron chi connectivity index (χ1n) is 12.6. The molecule has 0 aromatic carbocycles. The summed E-state index contributed by atoms with van der Waals surface area (Å²) in [5.74, 6) is -1.13. The number of aromatic nitrogens is 1. The average molecular weight is 512 g/mol. The van der Waals surface area contributed by atoms with Gasteiger partial charge in [-0.05, 0) is 49.2 Å². The molecule has 1 aromatic heterocycles. The smallest absolute Gasteiger partial charge is 0.355 e. The van der Waals surface area contributed by atoms with E-state index in [1.54, 1.807) is 34.3 Å². The van der Waals surface area contributed by atoms with Crippen molar-refractivity contribution in [1.29, 1.82) is 0 Å². The maximum absolute atomic E-state index is 13.5. The Morgan fingerprint density at radius 3 is 2.67 bits per heavy atom. The Hall–Kier alpha value is -2.78. The van der Waals surface area contributed by atoms with E-state index < -0.39 is 14.3 Å². The van der Waals surface area contributed by atoms with Gasteiger partial charge in [0, 0.05) is 31.4 Å². The number of pyridine rings is 1. The zero-order valence-electron chi connectivity index (χ0n) is 22.1. The monoisotopic (exact) mass is 511 g/mol. The van der Waals surface area contributed by atoms with Gasteiger partial charge in [0.15, 0.2) is 8.32 Å². The summed E-state index contributed by atoms with van der Waals surface area (Å²) < 4.78 is 12.0. The van der Waals surface area contributed by atoms with Crippen LogP contribution >= 0.6 is 0 Å². The molecule has 2 saturated heterocycles. The van der Waals surface area contributed by atoms with Crippen molar-refractivity contribution in [3.05, 3.63) is 54.0 Å². The van der Waals surface area contributed by atoms with E-state index in [4.69, 9.17) is 9.16 Å². The molecule has 4 atom stereocenters. The summed E-state index contributed by atoms with van der Waals surface area (Å²) in [5, 5.41) is 0.0183. The molecule has 0 bridgehead atoms. The highest BCUT2D eigenvalue weighted by Crippen LogP contribution is 2.51. The molecule has 1 aromatic rings. The van der Waals surface area contributed by atoms with Gasteiger partial charge in [0.25, 0.3) is 5.91 Å². The number of nitrogens with zero attached hydrogens (tertiary/aromatic N) is 3. The van der Waals surface area contributed by atoms with E-state index in [0.717, 1.165) is 5.57 Å². The highest BCUT2D eigenvalue weighted by atomic mass is 28.4. The zero-order valence-corrected chi connectivity index (χ0v) is 23.1. The van der Waals surface area contributed by atoms with Crippen LogP contribution < -0.4 is 0 Å². The van der Waals surface area contributed by atoms with Gasteiger partial charge < -0.3 is 19.0 Å². The van der Waals surface area contributed by atoms with Crippen LogP contribution in [0.2, 0.25) is 18.1 Å². The van der Waals surface area contributed by atoms with Crippen molar-refractivity contribution < 1.29 is 23.5 Å². The maximum atomic E-state index is 13.5. The predicted molar refractivity (Wildman–Crippen MR) is 138 cm³/mol. The van der Waals surface area contributed by atoms with Gasteiger partial charge in [0.1, 0.15) is 12.3 Å². The van der Waals surface area contributed by atoms with Crippen LogP contribution in [-0.4, -0.2) is 72.7 Å². The molecular weight excluding hydrogens is 474 g/mol. The van der Waals surface area contributed by atoms with Gasteiger partial charge in [-0.3, -0.25) is 14.6 Å². The summed E-state index contributed by atoms with van der Waals surface area (Å²) in [6.45, 7) is 17.4. The fraction of sp³-hybridized carbons (Fsp3) is 0.556. The molecule has 0 N–H and O–H groups in total. The van der Waals surface area contributed by atoms with Crippen LogP contribution in [0.1, 0.15) is 44.5 Å². The molecule has 0 unspecified atom stereocenters. The molecule has 2 amide bonds. The molecule has 0 saturated carbocycles. The lowest BCUT2D eigenvalue weighted by atomic mass is 9.74. The SMILES string of the molecule is C=CCOC(=O)C1=C2CN(C(=O)c3cccnc3)CC[C@@H]2[C@@H]2[C@@H]([C@@H](C)O[Si](C)(C)C(C)(C)C)C(=O)N12. The maximum Gasteiger partial charge on any atom is 0.355 e. The van der Waals surface area contributed by atoms with Crippen molar-refractivity contribution in [2.75, 3.05) is 19.7 Å². The van der Waals surface area contributed by atoms with Crippen molar-refractivity contribution >= 4 is 26.1 Å². The van der Waals surface area contributed by atoms with E-state index >= 15 is 0 Å². The van der Waals surface area contributed by atoms with Crippen LogP contribution in [0, 0.1) is 11.8 Å². The molecule has 2 fully saturated rings. The lowest BCUT2D eigenvalue weighted by Crippen LogP contribution is -2.65. The first-order chi connectivity index (χ1) is 16.9. The van der Waals surface area contributed by atoms with Gasteiger partial charge >= 0.3 is 5.97 Å². The van der Waals surface area contributed by atoms with Crippen LogP contribution in [0.25, 0.3) is 0 Å². The van der Waals surface area contributed by atoms with E-state index in [1.165, 1.54) is 6.08 Å². The Balaban J connectivity index is 1.62. The van der Waals surface area contributed by atoms with Crippen LogP contribution in [0.15, 0.2) is 48.5 Å². The minimum absolute atomic E-state index is 0.0117. The summed E-state index contributed by atoms with van der Waals surface area (Å²) in [6, 6.07) is 3.30. The Bertz CT molecular complexity index is 1090. The molecule has 9 heteroatoms. The average Bonchev–Trinajstić information content (AvgIpc) is 3.11. The number of fused-ring (bicyclic) bond motifs is 3. The van der Waals surface area contributed by atoms with Crippen LogP contribution in [0.3, 0.4) is 0 Å². The van der Waals surface area contributed by atoms with E-state index in [1.807, 2.05) is 6.92 Å². The number of hydrogen-bond acceptors (Lipinski definition) is 6. The number of ether oxygens (including phenoxy) is 1. The van der Waals surface area contributed by atoms with Crippen molar-refractivity contribution in [3.63, 3.8) is 0 Å². The number of rotatable bonds is 7. The number of likely N-dealkylation sites (tertiary alicyclic amines) is 1. The standard InChI is InChI=1S/C27H37N3O5Si/c1-8-14-34-26(33)23-20-16-29(24(31)18-10-9-12-28-15-18)13-11-19(20)22-21(25(32)30(22)23)17(2)35-36(6,7)27(3,4)5/h8-10,12,15,17,19,21-22H,1,11,13-14,16H2,2-7H3/t17-,19+,21-,22-/m1/s1. The minimum Gasteiger partial charge on any atom is -0.457 e. The summed E-state index contributed by atoms with van der Waals surface area (Å²) >= 11 is 0. The predicted octanol–water partition coefficient (Wildman–Crippen LogP) is 3.78. The molecule has 194 valence electrons. The minimum atomic E-state index is -2.10. The van der Waals surface area contributed by atoms with E-state index in [-0.39, 0.29) is 59.7 Å². The fourth-order valence-electron chi connectivity index (χ4n) is 5.35. The van der Waals surface area contributed by atoms with Gasteiger partial charge in [-0.1, -0.05) is 33.4 Å². The third kappa shape index (κ3) is 4.43. The summed E-state index contributed by atoms with van der Waals surface area (Å²) in [4.78, 5) is 47.2.